The van der Waals surface area contributed by atoms with Gasteiger partial charge in [0.15, 0.2) is 6.10 Å². The molecule has 0 saturated carbocycles. The highest BCUT2D eigenvalue weighted by Gasteiger charge is 2.42. The van der Waals surface area contributed by atoms with Gasteiger partial charge in [0.05, 0.1) is 23.3 Å². The van der Waals surface area contributed by atoms with Crippen LogP contribution in [-0.4, -0.2) is 36.8 Å². The Morgan fingerprint density at radius 2 is 1.00 bits per heavy atom. The van der Waals surface area contributed by atoms with Crippen molar-refractivity contribution in [3.63, 3.8) is 0 Å². The van der Waals surface area contributed by atoms with E-state index in [4.69, 9.17) is 18.9 Å². The van der Waals surface area contributed by atoms with Gasteiger partial charge in [-0.2, -0.15) is 13.2 Å². The number of carbonyl (C=O) groups excluding carboxylic acids is 3. The molecule has 7 nitrogen and oxygen atoms in total. The van der Waals surface area contributed by atoms with Crippen molar-refractivity contribution < 1.29 is 46.5 Å². The molecule has 0 aliphatic heterocycles. The van der Waals surface area contributed by atoms with Gasteiger partial charge in [0.2, 0.25) is 0 Å². The number of unbranched alkanes of at least 4 members (excludes halogenated alkanes) is 10. The summed E-state index contributed by atoms with van der Waals surface area (Å²) in [6.45, 7) is 4.89. The Morgan fingerprint density at radius 3 is 1.64 bits per heavy atom. The maximum Gasteiger partial charge on any atom is 0.425 e. The second-order valence-electron chi connectivity index (χ2n) is 13.2. The number of fused-ring (bicyclic) bond motifs is 1. The summed E-state index contributed by atoms with van der Waals surface area (Å²) in [4.78, 5) is 38.2. The lowest BCUT2D eigenvalue weighted by Gasteiger charge is -2.20. The van der Waals surface area contributed by atoms with Gasteiger partial charge in [-0.1, -0.05) is 90.2 Å². The van der Waals surface area contributed by atoms with Crippen molar-refractivity contribution in [3.8, 4) is 17.2 Å². The summed E-state index contributed by atoms with van der Waals surface area (Å²) in [6, 6.07) is 21.9. The van der Waals surface area contributed by atoms with Crippen LogP contribution < -0.4 is 14.2 Å². The molecule has 1 atom stereocenters. The summed E-state index contributed by atoms with van der Waals surface area (Å²) < 4.78 is 62.3. The molecule has 0 aromatic heterocycles. The largest absolute Gasteiger partial charge is 0.494 e. The molecule has 0 spiro atoms. The predicted octanol–water partition coefficient (Wildman–Crippen LogP) is 11.9. The molecular formula is C43H49F3O7. The Bertz CT molecular complexity index is 1750. The van der Waals surface area contributed by atoms with Crippen molar-refractivity contribution in [2.45, 2.75) is 110 Å². The van der Waals surface area contributed by atoms with Crippen LogP contribution in [0.25, 0.3) is 10.8 Å². The number of hydrogen-bond donors (Lipinski definition) is 0. The van der Waals surface area contributed by atoms with E-state index in [0.717, 1.165) is 43.9 Å². The van der Waals surface area contributed by atoms with Crippen molar-refractivity contribution in [2.75, 3.05) is 6.61 Å². The lowest BCUT2D eigenvalue weighted by Crippen LogP contribution is -2.33. The number of esters is 3. The lowest BCUT2D eigenvalue weighted by molar-refractivity contribution is -0.206. The summed E-state index contributed by atoms with van der Waals surface area (Å²) >= 11 is 0. The van der Waals surface area contributed by atoms with E-state index in [0.29, 0.717) is 41.9 Å². The molecule has 0 N–H and O–H groups in total. The fourth-order valence-electron chi connectivity index (χ4n) is 5.76. The molecule has 0 radical (unpaired) electrons. The highest BCUT2D eigenvalue weighted by atomic mass is 19.4. The van der Waals surface area contributed by atoms with Crippen LogP contribution in [-0.2, 0) is 4.74 Å². The van der Waals surface area contributed by atoms with Gasteiger partial charge in [-0.3, -0.25) is 0 Å². The van der Waals surface area contributed by atoms with Crippen LogP contribution in [0.5, 0.6) is 17.2 Å². The first kappa shape index (κ1) is 40.9. The Labute approximate surface area is 309 Å². The Kier molecular flexibility index (Phi) is 16.2. The van der Waals surface area contributed by atoms with Crippen LogP contribution in [0.3, 0.4) is 0 Å². The molecule has 4 aromatic rings. The first-order valence-corrected chi connectivity index (χ1v) is 18.7. The fraction of sp³-hybridized carbons (Fsp3) is 0.419. The molecule has 1 unspecified atom stereocenters. The lowest BCUT2D eigenvalue weighted by atomic mass is 10.1. The van der Waals surface area contributed by atoms with E-state index in [2.05, 4.69) is 13.8 Å². The molecule has 0 aliphatic carbocycles. The molecule has 0 fully saturated rings. The molecule has 0 bridgehead atoms. The summed E-state index contributed by atoms with van der Waals surface area (Å²) in [5.41, 5.74) is 0.537. The smallest absolute Gasteiger partial charge is 0.425 e. The third-order valence-corrected chi connectivity index (χ3v) is 8.85. The van der Waals surface area contributed by atoms with Crippen molar-refractivity contribution >= 4 is 28.7 Å². The van der Waals surface area contributed by atoms with Crippen molar-refractivity contribution in [2.24, 2.45) is 0 Å². The van der Waals surface area contributed by atoms with Crippen molar-refractivity contribution in [3.05, 3.63) is 102 Å². The van der Waals surface area contributed by atoms with Gasteiger partial charge in [-0.25, -0.2) is 14.4 Å². The maximum absolute atomic E-state index is 13.5. The zero-order valence-electron chi connectivity index (χ0n) is 30.6. The Morgan fingerprint density at radius 1 is 0.528 bits per heavy atom. The quantitative estimate of drug-likeness (QED) is 0.0478. The van der Waals surface area contributed by atoms with Gasteiger partial charge < -0.3 is 18.9 Å². The zero-order chi connectivity index (χ0) is 38.1. The molecule has 284 valence electrons. The van der Waals surface area contributed by atoms with Gasteiger partial charge in [0.1, 0.15) is 17.2 Å². The first-order chi connectivity index (χ1) is 25.6. The minimum absolute atomic E-state index is 0.0889. The topological polar surface area (TPSA) is 88.1 Å². The van der Waals surface area contributed by atoms with Gasteiger partial charge in [0.25, 0.3) is 0 Å². The Balaban J connectivity index is 1.27. The minimum atomic E-state index is -4.67. The first-order valence-electron chi connectivity index (χ1n) is 18.7. The van der Waals surface area contributed by atoms with Crippen LogP contribution in [0.4, 0.5) is 13.2 Å². The van der Waals surface area contributed by atoms with E-state index in [1.165, 1.54) is 49.9 Å². The van der Waals surface area contributed by atoms with Crippen LogP contribution >= 0.6 is 0 Å². The molecular weight excluding hydrogens is 685 g/mol. The van der Waals surface area contributed by atoms with E-state index in [1.807, 2.05) is 0 Å². The molecule has 10 heteroatoms. The number of hydrogen-bond acceptors (Lipinski definition) is 7. The summed E-state index contributed by atoms with van der Waals surface area (Å²) in [7, 11) is 0. The number of ether oxygens (including phenoxy) is 4. The molecule has 0 heterocycles. The molecule has 4 rings (SSSR count). The van der Waals surface area contributed by atoms with Crippen LogP contribution in [0.1, 0.15) is 128 Å². The van der Waals surface area contributed by atoms with E-state index in [1.54, 1.807) is 60.7 Å². The molecule has 0 amide bonds. The molecule has 4 aromatic carbocycles. The zero-order valence-corrected chi connectivity index (χ0v) is 30.6. The third kappa shape index (κ3) is 13.6. The van der Waals surface area contributed by atoms with Crippen molar-refractivity contribution in [1.82, 2.24) is 0 Å². The standard InChI is InChI=1S/C43H49F3O7/c1-3-5-7-9-11-13-15-39(43(44,45)46)53-41(48)32-20-25-37(26-21-32)51-42(49)35-17-16-34-30-38(27-22-33(34)29-35)52-40(47)31-18-23-36(24-19-31)50-28-14-12-10-8-6-4-2/h16-27,29-30,39H,3-15,28H2,1-2H3. The minimum Gasteiger partial charge on any atom is -0.494 e. The van der Waals surface area contributed by atoms with E-state index < -0.39 is 30.2 Å². The average Bonchev–Trinajstić information content (AvgIpc) is 3.15. The predicted molar refractivity (Wildman–Crippen MR) is 199 cm³/mol. The number of benzene rings is 4. The van der Waals surface area contributed by atoms with Crippen LogP contribution in [0, 0.1) is 0 Å². The van der Waals surface area contributed by atoms with Gasteiger partial charge in [0, 0.05) is 0 Å². The second-order valence-corrected chi connectivity index (χ2v) is 13.2. The normalized spacial score (nSPS) is 11.9. The monoisotopic (exact) mass is 734 g/mol. The highest BCUT2D eigenvalue weighted by Crippen LogP contribution is 2.29. The highest BCUT2D eigenvalue weighted by molar-refractivity contribution is 5.97. The SMILES string of the molecule is CCCCCCCCOc1ccc(C(=O)Oc2ccc3cc(C(=O)Oc4ccc(C(=O)OC(CCCCCCCC)C(F)(F)F)cc4)ccc3c2)cc1. The summed E-state index contributed by atoms with van der Waals surface area (Å²) in [5.74, 6) is -1.15. The van der Waals surface area contributed by atoms with Gasteiger partial charge >= 0.3 is 24.1 Å². The van der Waals surface area contributed by atoms with Gasteiger partial charge in [-0.15, -0.1) is 0 Å². The number of halogens is 3. The molecule has 0 saturated heterocycles. The van der Waals surface area contributed by atoms with Gasteiger partial charge in [-0.05, 0) is 103 Å². The summed E-state index contributed by atoms with van der Waals surface area (Å²) in [6.07, 6.45) is 4.77. The van der Waals surface area contributed by atoms with Crippen LogP contribution in [0.2, 0.25) is 0 Å². The number of carbonyl (C=O) groups is 3. The third-order valence-electron chi connectivity index (χ3n) is 8.85. The molecule has 53 heavy (non-hydrogen) atoms. The number of rotatable bonds is 21. The molecule has 0 aliphatic rings. The van der Waals surface area contributed by atoms with E-state index in [9.17, 15) is 27.6 Å². The van der Waals surface area contributed by atoms with Crippen molar-refractivity contribution in [1.29, 1.82) is 0 Å². The second kappa shape index (κ2) is 21.0. The van der Waals surface area contributed by atoms with E-state index in [-0.39, 0.29) is 23.3 Å². The van der Waals surface area contributed by atoms with Crippen LogP contribution in [0.15, 0.2) is 84.9 Å². The fourth-order valence-corrected chi connectivity index (χ4v) is 5.76. The van der Waals surface area contributed by atoms with E-state index >= 15 is 0 Å². The summed E-state index contributed by atoms with van der Waals surface area (Å²) in [5, 5.41) is 1.42. The maximum atomic E-state index is 13.5. The average molecular weight is 735 g/mol. The Hall–Kier alpha value is -4.86. The number of alkyl halides is 3.